The molecular formula is C10H14N2O3S2. The minimum absolute atomic E-state index is 0.0119. The van der Waals surface area contributed by atoms with Gasteiger partial charge in [-0.25, -0.2) is 4.21 Å². The topological polar surface area (TPSA) is 69.6 Å². The van der Waals surface area contributed by atoms with Crippen molar-refractivity contribution in [2.24, 2.45) is 0 Å². The van der Waals surface area contributed by atoms with Crippen molar-refractivity contribution < 1.29 is 14.2 Å². The highest BCUT2D eigenvalue weighted by molar-refractivity contribution is 7.85. The van der Waals surface area contributed by atoms with Gasteiger partial charge in [0.2, 0.25) is 0 Å². The second-order valence-electron chi connectivity index (χ2n) is 3.87. The fraction of sp³-hybridized carbons (Fsp3) is 0.500. The Morgan fingerprint density at radius 1 is 1.41 bits per heavy atom. The third-order valence-corrected chi connectivity index (χ3v) is 4.85. The molecular weight excluding hydrogens is 260 g/mol. The number of nitrogens with zero attached hydrogens (tertiary/aromatic N) is 1. The minimum atomic E-state index is -1.64. The minimum Gasteiger partial charge on any atom is -0.339 e. The molecule has 7 heteroatoms. The predicted octanol–water partition coefficient (Wildman–Crippen LogP) is 1.38. The van der Waals surface area contributed by atoms with Crippen LogP contribution in [0.15, 0.2) is 15.7 Å². The zero-order valence-corrected chi connectivity index (χ0v) is 10.9. The zero-order valence-electron chi connectivity index (χ0n) is 9.22. The molecule has 1 unspecified atom stereocenters. The summed E-state index contributed by atoms with van der Waals surface area (Å²) in [6, 6.07) is 1.57. The number of hydrogen-bond donors (Lipinski definition) is 2. The van der Waals surface area contributed by atoms with Crippen LogP contribution in [0.4, 0.5) is 0 Å². The Hall–Kier alpha value is -0.760. The smallest absolute Gasteiger partial charge is 0.254 e. The molecule has 1 atom stereocenters. The van der Waals surface area contributed by atoms with E-state index in [-0.39, 0.29) is 5.91 Å². The molecule has 1 aliphatic heterocycles. The Morgan fingerprint density at radius 2 is 2.12 bits per heavy atom. The first-order valence-corrected chi connectivity index (χ1v) is 7.44. The largest absolute Gasteiger partial charge is 0.339 e. The van der Waals surface area contributed by atoms with E-state index in [1.165, 1.54) is 17.8 Å². The first kappa shape index (κ1) is 12.7. The molecule has 1 saturated heterocycles. The van der Waals surface area contributed by atoms with Gasteiger partial charge >= 0.3 is 0 Å². The lowest BCUT2D eigenvalue weighted by atomic mass is 10.1. The molecule has 5 nitrogen and oxygen atoms in total. The van der Waals surface area contributed by atoms with Gasteiger partial charge in [0, 0.05) is 18.5 Å². The van der Waals surface area contributed by atoms with Crippen molar-refractivity contribution in [1.82, 2.24) is 9.79 Å². The van der Waals surface area contributed by atoms with E-state index in [0.717, 1.165) is 25.9 Å². The van der Waals surface area contributed by atoms with Gasteiger partial charge in [-0.05, 0) is 25.3 Å². The van der Waals surface area contributed by atoms with Crippen molar-refractivity contribution in [2.45, 2.75) is 23.5 Å². The van der Waals surface area contributed by atoms with Crippen LogP contribution < -0.4 is 4.89 Å². The van der Waals surface area contributed by atoms with Gasteiger partial charge in [-0.2, -0.15) is 0 Å². The SMILES string of the molecule is O=C(c1csc(S(=O)NO)c1)N1CCCCC1. The molecule has 94 valence electrons. The Balaban J connectivity index is 2.08. The molecule has 1 aromatic rings. The lowest BCUT2D eigenvalue weighted by Crippen LogP contribution is -2.35. The van der Waals surface area contributed by atoms with Crippen LogP contribution in [-0.2, 0) is 11.0 Å². The summed E-state index contributed by atoms with van der Waals surface area (Å²) in [6.07, 6.45) is 3.27. The molecule has 0 spiro atoms. The number of carbonyl (C=O) groups is 1. The summed E-state index contributed by atoms with van der Waals surface area (Å²) in [4.78, 5) is 15.6. The van der Waals surface area contributed by atoms with E-state index < -0.39 is 11.0 Å². The van der Waals surface area contributed by atoms with Crippen LogP contribution >= 0.6 is 11.3 Å². The summed E-state index contributed by atoms with van der Waals surface area (Å²) in [5.41, 5.74) is 0.551. The molecule has 1 aromatic heterocycles. The van der Waals surface area contributed by atoms with E-state index in [9.17, 15) is 9.00 Å². The van der Waals surface area contributed by atoms with Crippen molar-refractivity contribution >= 4 is 28.2 Å². The van der Waals surface area contributed by atoms with Crippen LogP contribution in [0, 0.1) is 0 Å². The van der Waals surface area contributed by atoms with E-state index in [1.54, 1.807) is 16.3 Å². The fourth-order valence-electron chi connectivity index (χ4n) is 1.85. The van der Waals surface area contributed by atoms with Gasteiger partial charge in [-0.15, -0.1) is 16.2 Å². The zero-order chi connectivity index (χ0) is 12.3. The Morgan fingerprint density at radius 3 is 2.76 bits per heavy atom. The van der Waals surface area contributed by atoms with E-state index in [4.69, 9.17) is 5.21 Å². The average Bonchev–Trinajstić information content (AvgIpc) is 2.87. The number of piperidine rings is 1. The van der Waals surface area contributed by atoms with Crippen molar-refractivity contribution in [3.8, 4) is 0 Å². The first-order valence-electron chi connectivity index (χ1n) is 5.41. The van der Waals surface area contributed by atoms with E-state index in [1.807, 2.05) is 4.90 Å². The highest BCUT2D eigenvalue weighted by Gasteiger charge is 2.20. The number of likely N-dealkylation sites (tertiary alicyclic amines) is 1. The lowest BCUT2D eigenvalue weighted by molar-refractivity contribution is 0.0724. The second kappa shape index (κ2) is 5.72. The maximum absolute atomic E-state index is 12.1. The standard InChI is InChI=1S/C10H14N2O3S2/c13-10(12-4-2-1-3-5-12)8-6-9(16-7-8)17(15)11-14/h6-7,11,14H,1-5H2. The number of carbonyl (C=O) groups excluding carboxylic acids is 1. The molecule has 2 N–H and O–H groups in total. The normalized spacial score (nSPS) is 18.1. The summed E-state index contributed by atoms with van der Waals surface area (Å²) < 4.78 is 11.7. The number of thiophene rings is 1. The Bertz CT molecular complexity index is 427. The van der Waals surface area contributed by atoms with Gasteiger partial charge in [-0.3, -0.25) is 4.79 Å². The van der Waals surface area contributed by atoms with Crippen LogP contribution in [0.3, 0.4) is 0 Å². The molecule has 0 bridgehead atoms. The molecule has 1 aliphatic rings. The summed E-state index contributed by atoms with van der Waals surface area (Å²) in [5.74, 6) is -0.0119. The van der Waals surface area contributed by atoms with Gasteiger partial charge in [0.05, 0.1) is 5.56 Å². The van der Waals surface area contributed by atoms with Gasteiger partial charge in [0.25, 0.3) is 5.91 Å². The molecule has 2 heterocycles. The molecule has 0 aliphatic carbocycles. The number of nitrogens with one attached hydrogen (secondary N) is 1. The van der Waals surface area contributed by atoms with E-state index >= 15 is 0 Å². The molecule has 17 heavy (non-hydrogen) atoms. The summed E-state index contributed by atoms with van der Waals surface area (Å²) >= 11 is 1.20. The molecule has 1 amide bonds. The van der Waals surface area contributed by atoms with Crippen molar-refractivity contribution in [3.05, 3.63) is 17.0 Å². The van der Waals surface area contributed by atoms with Crippen molar-refractivity contribution in [3.63, 3.8) is 0 Å². The average molecular weight is 274 g/mol. The first-order chi connectivity index (χ1) is 8.22. The van der Waals surface area contributed by atoms with Gasteiger partial charge < -0.3 is 10.1 Å². The van der Waals surface area contributed by atoms with Crippen LogP contribution in [-0.4, -0.2) is 33.3 Å². The monoisotopic (exact) mass is 274 g/mol. The van der Waals surface area contributed by atoms with E-state index in [2.05, 4.69) is 0 Å². The second-order valence-corrected chi connectivity index (χ2v) is 6.20. The number of amides is 1. The van der Waals surface area contributed by atoms with Gasteiger partial charge in [-0.1, -0.05) is 0 Å². The number of hydrogen-bond acceptors (Lipinski definition) is 4. The van der Waals surface area contributed by atoms with Crippen LogP contribution in [0.5, 0.6) is 0 Å². The van der Waals surface area contributed by atoms with Gasteiger partial charge in [0.1, 0.15) is 4.21 Å². The molecule has 0 radical (unpaired) electrons. The Kier molecular flexibility index (Phi) is 4.27. The Labute approximate surface area is 106 Å². The van der Waals surface area contributed by atoms with E-state index in [0.29, 0.717) is 9.77 Å². The molecule has 1 fully saturated rings. The quantitative estimate of drug-likeness (QED) is 0.818. The van der Waals surface area contributed by atoms with Crippen molar-refractivity contribution in [1.29, 1.82) is 0 Å². The highest BCUT2D eigenvalue weighted by atomic mass is 32.2. The molecule has 2 rings (SSSR count). The maximum atomic E-state index is 12.1. The third kappa shape index (κ3) is 2.92. The van der Waals surface area contributed by atoms with Gasteiger partial charge in [0.15, 0.2) is 11.0 Å². The fourth-order valence-corrected chi connectivity index (χ4v) is 3.39. The summed E-state index contributed by atoms with van der Waals surface area (Å²) in [5, 5.41) is 10.2. The molecule has 0 aromatic carbocycles. The predicted molar refractivity (Wildman–Crippen MR) is 65.4 cm³/mol. The maximum Gasteiger partial charge on any atom is 0.254 e. The van der Waals surface area contributed by atoms with Crippen molar-refractivity contribution in [2.75, 3.05) is 13.1 Å². The third-order valence-electron chi connectivity index (χ3n) is 2.73. The molecule has 0 saturated carbocycles. The van der Waals surface area contributed by atoms with Crippen LogP contribution in [0.1, 0.15) is 29.6 Å². The summed E-state index contributed by atoms with van der Waals surface area (Å²) in [6.45, 7) is 1.59. The van der Waals surface area contributed by atoms with Crippen LogP contribution in [0.25, 0.3) is 0 Å². The number of rotatable bonds is 3. The lowest BCUT2D eigenvalue weighted by Gasteiger charge is -2.26. The van der Waals surface area contributed by atoms with Crippen LogP contribution in [0.2, 0.25) is 0 Å². The highest BCUT2D eigenvalue weighted by Crippen LogP contribution is 2.20. The summed E-state index contributed by atoms with van der Waals surface area (Å²) in [7, 11) is -1.64.